The molecule has 0 radical (unpaired) electrons. The molecule has 3 nitrogen and oxygen atoms in total. The lowest BCUT2D eigenvalue weighted by atomic mass is 10.0. The zero-order chi connectivity index (χ0) is 16.1. The smallest absolute Gasteiger partial charge is 0.345 e. The third kappa shape index (κ3) is 3.85. The van der Waals surface area contributed by atoms with E-state index in [4.69, 9.17) is 4.74 Å². The minimum atomic E-state index is -1.13. The van der Waals surface area contributed by atoms with Gasteiger partial charge in [-0.25, -0.2) is 9.18 Å². The van der Waals surface area contributed by atoms with E-state index in [0.717, 1.165) is 5.56 Å². The van der Waals surface area contributed by atoms with E-state index in [1.165, 1.54) is 6.07 Å². The van der Waals surface area contributed by atoms with Crippen LogP contribution in [0.15, 0.2) is 48.5 Å². The van der Waals surface area contributed by atoms with Crippen molar-refractivity contribution < 1.29 is 19.0 Å². The van der Waals surface area contributed by atoms with Gasteiger partial charge in [0.05, 0.1) is 0 Å². The van der Waals surface area contributed by atoms with Gasteiger partial charge in [0, 0.05) is 6.42 Å². The van der Waals surface area contributed by atoms with Crippen LogP contribution in [0.3, 0.4) is 0 Å². The molecule has 0 aliphatic heterocycles. The third-order valence-electron chi connectivity index (χ3n) is 3.45. The lowest BCUT2D eigenvalue weighted by molar-refractivity contribution is -0.145. The Morgan fingerprint density at radius 2 is 1.77 bits per heavy atom. The van der Waals surface area contributed by atoms with E-state index in [1.807, 2.05) is 26.0 Å². The summed E-state index contributed by atoms with van der Waals surface area (Å²) < 4.78 is 19.4. The largest absolute Gasteiger partial charge is 0.478 e. The summed E-state index contributed by atoms with van der Waals surface area (Å²) in [4.78, 5) is 11.5. The summed E-state index contributed by atoms with van der Waals surface area (Å²) in [5.74, 6) is -0.795. The standard InChI is InChI=1S/C18H19FO3/c1-12(2)14-8-4-6-10-16(14)22-17(18(20)21)11-13-7-3-5-9-15(13)19/h3-10,12,17H,11H2,1-2H3,(H,20,21)/t17-/m1/s1. The quantitative estimate of drug-likeness (QED) is 0.876. The van der Waals surface area contributed by atoms with Gasteiger partial charge < -0.3 is 9.84 Å². The second-order valence-corrected chi connectivity index (χ2v) is 5.43. The van der Waals surface area contributed by atoms with Crippen molar-refractivity contribution in [3.05, 3.63) is 65.5 Å². The Balaban J connectivity index is 2.24. The molecule has 0 amide bonds. The number of carboxylic acids is 1. The molecule has 22 heavy (non-hydrogen) atoms. The van der Waals surface area contributed by atoms with Crippen molar-refractivity contribution in [2.24, 2.45) is 0 Å². The summed E-state index contributed by atoms with van der Waals surface area (Å²) in [5, 5.41) is 9.37. The molecule has 0 aliphatic carbocycles. The molecule has 116 valence electrons. The Morgan fingerprint density at radius 3 is 2.41 bits per heavy atom. The first-order valence-electron chi connectivity index (χ1n) is 7.21. The zero-order valence-corrected chi connectivity index (χ0v) is 12.6. The van der Waals surface area contributed by atoms with E-state index in [-0.39, 0.29) is 12.3 Å². The fourth-order valence-electron chi connectivity index (χ4n) is 2.26. The third-order valence-corrected chi connectivity index (χ3v) is 3.45. The number of rotatable bonds is 6. The topological polar surface area (TPSA) is 46.5 Å². The van der Waals surface area contributed by atoms with Crippen molar-refractivity contribution in [3.8, 4) is 5.75 Å². The van der Waals surface area contributed by atoms with Crippen LogP contribution in [0, 0.1) is 5.82 Å². The van der Waals surface area contributed by atoms with Crippen molar-refractivity contribution in [2.75, 3.05) is 0 Å². The molecule has 0 saturated carbocycles. The first-order chi connectivity index (χ1) is 10.5. The number of halogens is 1. The second-order valence-electron chi connectivity index (χ2n) is 5.43. The molecule has 2 aromatic rings. The number of carboxylic acid groups (broad SMARTS) is 1. The first-order valence-corrected chi connectivity index (χ1v) is 7.21. The molecule has 0 unspecified atom stereocenters. The molecule has 0 heterocycles. The average molecular weight is 302 g/mol. The van der Waals surface area contributed by atoms with Crippen LogP contribution in [0.25, 0.3) is 0 Å². The van der Waals surface area contributed by atoms with Crippen molar-refractivity contribution >= 4 is 5.97 Å². The van der Waals surface area contributed by atoms with Crippen LogP contribution >= 0.6 is 0 Å². The van der Waals surface area contributed by atoms with Crippen LogP contribution < -0.4 is 4.74 Å². The van der Waals surface area contributed by atoms with E-state index in [0.29, 0.717) is 11.3 Å². The van der Waals surface area contributed by atoms with Crippen LogP contribution in [0.5, 0.6) is 5.75 Å². The maximum atomic E-state index is 13.7. The van der Waals surface area contributed by atoms with Crippen LogP contribution in [0.1, 0.15) is 30.9 Å². The second kappa shape index (κ2) is 7.07. The summed E-state index contributed by atoms with van der Waals surface area (Å²) in [6.45, 7) is 4.02. The molecule has 1 N–H and O–H groups in total. The van der Waals surface area contributed by atoms with Gasteiger partial charge in [0.2, 0.25) is 0 Å². The molecule has 0 fully saturated rings. The van der Waals surface area contributed by atoms with Crippen LogP contribution in [-0.2, 0) is 11.2 Å². The van der Waals surface area contributed by atoms with Gasteiger partial charge in [-0.15, -0.1) is 0 Å². The highest BCUT2D eigenvalue weighted by molar-refractivity contribution is 5.73. The molecule has 2 rings (SSSR count). The lowest BCUT2D eigenvalue weighted by Crippen LogP contribution is -2.30. The zero-order valence-electron chi connectivity index (χ0n) is 12.6. The maximum Gasteiger partial charge on any atom is 0.345 e. The molecule has 0 aromatic heterocycles. The van der Waals surface area contributed by atoms with Crippen molar-refractivity contribution in [2.45, 2.75) is 32.3 Å². The first kappa shape index (κ1) is 16.0. The van der Waals surface area contributed by atoms with E-state index < -0.39 is 17.9 Å². The van der Waals surface area contributed by atoms with Gasteiger partial charge in [0.1, 0.15) is 11.6 Å². The minimum absolute atomic E-state index is 0.0194. The summed E-state index contributed by atoms with van der Waals surface area (Å²) in [7, 11) is 0. The van der Waals surface area contributed by atoms with Gasteiger partial charge in [-0.3, -0.25) is 0 Å². The number of benzene rings is 2. The van der Waals surface area contributed by atoms with Crippen LogP contribution in [-0.4, -0.2) is 17.2 Å². The Labute approximate surface area is 129 Å². The highest BCUT2D eigenvalue weighted by atomic mass is 19.1. The minimum Gasteiger partial charge on any atom is -0.478 e. The van der Waals surface area contributed by atoms with Gasteiger partial charge in [-0.05, 0) is 29.2 Å². The summed E-state index contributed by atoms with van der Waals surface area (Å²) in [5.41, 5.74) is 1.26. The number of hydrogen-bond acceptors (Lipinski definition) is 2. The number of hydrogen-bond donors (Lipinski definition) is 1. The SMILES string of the molecule is CC(C)c1ccccc1O[C@H](Cc1ccccc1F)C(=O)O. The number of ether oxygens (including phenoxy) is 1. The van der Waals surface area contributed by atoms with E-state index in [1.54, 1.807) is 30.3 Å². The van der Waals surface area contributed by atoms with Gasteiger partial charge in [-0.1, -0.05) is 50.2 Å². The van der Waals surface area contributed by atoms with Crippen LogP contribution in [0.4, 0.5) is 4.39 Å². The van der Waals surface area contributed by atoms with Crippen LogP contribution in [0.2, 0.25) is 0 Å². The Morgan fingerprint density at radius 1 is 1.14 bits per heavy atom. The molecular formula is C18H19FO3. The average Bonchev–Trinajstić information content (AvgIpc) is 2.49. The monoisotopic (exact) mass is 302 g/mol. The molecule has 4 heteroatoms. The van der Waals surface area contributed by atoms with Gasteiger partial charge >= 0.3 is 5.97 Å². The number of para-hydroxylation sites is 1. The Bertz CT molecular complexity index is 652. The van der Waals surface area contributed by atoms with Crippen molar-refractivity contribution in [3.63, 3.8) is 0 Å². The van der Waals surface area contributed by atoms with E-state index in [2.05, 4.69) is 0 Å². The molecular weight excluding hydrogens is 283 g/mol. The maximum absolute atomic E-state index is 13.7. The van der Waals surface area contributed by atoms with Crippen molar-refractivity contribution in [1.82, 2.24) is 0 Å². The van der Waals surface area contributed by atoms with Gasteiger partial charge in [0.15, 0.2) is 6.10 Å². The van der Waals surface area contributed by atoms with E-state index in [9.17, 15) is 14.3 Å². The summed E-state index contributed by atoms with van der Waals surface area (Å²) in [6.07, 6.45) is -1.15. The normalized spacial score (nSPS) is 12.2. The number of carbonyl (C=O) groups is 1. The van der Waals surface area contributed by atoms with Gasteiger partial charge in [0.25, 0.3) is 0 Å². The molecule has 2 aromatic carbocycles. The lowest BCUT2D eigenvalue weighted by Gasteiger charge is -2.19. The highest BCUT2D eigenvalue weighted by Crippen LogP contribution is 2.27. The van der Waals surface area contributed by atoms with E-state index >= 15 is 0 Å². The fraction of sp³-hybridized carbons (Fsp3) is 0.278. The Hall–Kier alpha value is -2.36. The van der Waals surface area contributed by atoms with Crippen molar-refractivity contribution in [1.29, 1.82) is 0 Å². The summed E-state index contributed by atoms with van der Waals surface area (Å²) in [6, 6.07) is 13.5. The summed E-state index contributed by atoms with van der Waals surface area (Å²) >= 11 is 0. The molecule has 0 spiro atoms. The Kier molecular flexibility index (Phi) is 5.15. The number of aliphatic carboxylic acids is 1. The molecule has 0 bridgehead atoms. The molecule has 0 aliphatic rings. The highest BCUT2D eigenvalue weighted by Gasteiger charge is 2.23. The predicted octanol–water partition coefficient (Wildman–Crippen LogP) is 4.02. The van der Waals surface area contributed by atoms with Gasteiger partial charge in [-0.2, -0.15) is 0 Å². The molecule has 1 atom stereocenters. The fourth-order valence-corrected chi connectivity index (χ4v) is 2.26. The molecule has 0 saturated heterocycles. The predicted molar refractivity (Wildman–Crippen MR) is 82.7 cm³/mol.